The maximum absolute atomic E-state index is 12.6. The molecule has 1 aliphatic rings. The Morgan fingerprint density at radius 3 is 2.46 bits per heavy atom. The Morgan fingerprint density at radius 2 is 1.96 bits per heavy atom. The second-order valence-electron chi connectivity index (χ2n) is 6.67. The van der Waals surface area contributed by atoms with E-state index in [1.54, 1.807) is 6.20 Å². The van der Waals surface area contributed by atoms with E-state index in [4.69, 9.17) is 0 Å². The molecule has 1 N–H and O–H groups in total. The predicted octanol–water partition coefficient (Wildman–Crippen LogP) is 3.54. The van der Waals surface area contributed by atoms with Gasteiger partial charge in [-0.1, -0.05) is 6.92 Å². The fourth-order valence-corrected chi connectivity index (χ4v) is 3.44. The number of hydrogen-bond donors (Lipinski definition) is 1. The Morgan fingerprint density at radius 1 is 1.23 bits per heavy atom. The van der Waals surface area contributed by atoms with Gasteiger partial charge in [0.2, 0.25) is 0 Å². The normalized spacial score (nSPS) is 17.5. The second-order valence-corrected chi connectivity index (χ2v) is 6.67. The van der Waals surface area contributed by atoms with Crippen LogP contribution in [0.1, 0.15) is 43.5 Å². The maximum Gasteiger partial charge on any atom is 0.417 e. The van der Waals surface area contributed by atoms with E-state index in [1.165, 1.54) is 11.8 Å². The third-order valence-electron chi connectivity index (χ3n) is 4.96. The molecule has 0 spiro atoms. The Balaban J connectivity index is 1.56. The highest BCUT2D eigenvalue weighted by Gasteiger charge is 2.31. The highest BCUT2D eigenvalue weighted by Crippen LogP contribution is 2.30. The average Bonchev–Trinajstić information content (AvgIpc) is 3.05. The molecule has 3 heterocycles. The van der Waals surface area contributed by atoms with Crippen LogP contribution in [0.15, 0.2) is 30.6 Å². The first-order valence-corrected chi connectivity index (χ1v) is 8.90. The summed E-state index contributed by atoms with van der Waals surface area (Å²) in [6, 6.07) is 5.22. The van der Waals surface area contributed by atoms with Gasteiger partial charge in [-0.2, -0.15) is 18.3 Å². The lowest BCUT2D eigenvalue weighted by Crippen LogP contribution is -2.44. The minimum Gasteiger partial charge on any atom is -0.357 e. The van der Waals surface area contributed by atoms with E-state index in [1.807, 2.05) is 22.7 Å². The maximum atomic E-state index is 12.6. The highest BCUT2D eigenvalue weighted by atomic mass is 19.4. The van der Waals surface area contributed by atoms with Crippen molar-refractivity contribution in [2.45, 2.75) is 44.4 Å². The van der Waals surface area contributed by atoms with Crippen molar-refractivity contribution in [1.82, 2.24) is 20.1 Å². The topological polar surface area (TPSA) is 46.0 Å². The summed E-state index contributed by atoms with van der Waals surface area (Å²) in [5.41, 5.74) is 0.458. The fraction of sp³-hybridized carbons (Fsp3) is 0.556. The summed E-state index contributed by atoms with van der Waals surface area (Å²) in [5, 5.41) is 7.93. The van der Waals surface area contributed by atoms with E-state index in [0.717, 1.165) is 44.6 Å². The SMILES string of the molecule is CCC(NC1CCN(c2ccc(C(F)(F)F)cn2)CC1)c1ccnn1C. The van der Waals surface area contributed by atoms with Crippen LogP contribution >= 0.6 is 0 Å². The molecule has 0 aliphatic carbocycles. The summed E-state index contributed by atoms with van der Waals surface area (Å²) < 4.78 is 39.8. The molecule has 142 valence electrons. The van der Waals surface area contributed by atoms with Crippen LogP contribution < -0.4 is 10.2 Å². The molecule has 0 aromatic carbocycles. The molecular formula is C18H24F3N5. The van der Waals surface area contributed by atoms with Crippen molar-refractivity contribution < 1.29 is 13.2 Å². The van der Waals surface area contributed by atoms with Gasteiger partial charge >= 0.3 is 6.18 Å². The molecule has 5 nitrogen and oxygen atoms in total. The van der Waals surface area contributed by atoms with Gasteiger partial charge < -0.3 is 10.2 Å². The number of aromatic nitrogens is 3. The van der Waals surface area contributed by atoms with Gasteiger partial charge in [0.15, 0.2) is 0 Å². The zero-order valence-corrected chi connectivity index (χ0v) is 15.0. The number of alkyl halides is 3. The number of hydrogen-bond acceptors (Lipinski definition) is 4. The van der Waals surface area contributed by atoms with Gasteiger partial charge in [0.25, 0.3) is 0 Å². The first kappa shape index (κ1) is 18.7. The van der Waals surface area contributed by atoms with Crippen LogP contribution in [0.25, 0.3) is 0 Å². The average molecular weight is 367 g/mol. The molecule has 0 saturated carbocycles. The number of pyridine rings is 1. The third kappa shape index (κ3) is 4.17. The number of rotatable bonds is 5. The van der Waals surface area contributed by atoms with Gasteiger partial charge in [0.05, 0.1) is 11.3 Å². The smallest absolute Gasteiger partial charge is 0.357 e. The zero-order chi connectivity index (χ0) is 18.7. The first-order chi connectivity index (χ1) is 12.4. The van der Waals surface area contributed by atoms with E-state index in [9.17, 15) is 13.2 Å². The van der Waals surface area contributed by atoms with Crippen molar-refractivity contribution in [3.8, 4) is 0 Å². The number of nitrogens with zero attached hydrogens (tertiary/aromatic N) is 4. The molecule has 3 rings (SSSR count). The van der Waals surface area contributed by atoms with Gasteiger partial charge in [0.1, 0.15) is 5.82 Å². The van der Waals surface area contributed by atoms with E-state index in [-0.39, 0.29) is 6.04 Å². The molecule has 1 fully saturated rings. The van der Waals surface area contributed by atoms with Gasteiger partial charge in [-0.3, -0.25) is 4.68 Å². The summed E-state index contributed by atoms with van der Waals surface area (Å²) in [5.74, 6) is 0.607. The number of piperidine rings is 1. The van der Waals surface area contributed by atoms with Crippen molar-refractivity contribution in [1.29, 1.82) is 0 Å². The molecule has 8 heteroatoms. The van der Waals surface area contributed by atoms with E-state index in [0.29, 0.717) is 11.9 Å². The van der Waals surface area contributed by atoms with E-state index in [2.05, 4.69) is 22.3 Å². The number of anilines is 1. The summed E-state index contributed by atoms with van der Waals surface area (Å²) in [7, 11) is 1.94. The standard InChI is InChI=1S/C18H24F3N5/c1-3-15(16-6-9-23-25(16)2)24-14-7-10-26(11-8-14)17-5-4-13(12-22-17)18(19,20)21/h4-6,9,12,14-15,24H,3,7-8,10-11H2,1-2H3. The van der Waals surface area contributed by atoms with Crippen molar-refractivity contribution in [2.24, 2.45) is 7.05 Å². The number of aryl methyl sites for hydroxylation is 1. The van der Waals surface area contributed by atoms with Crippen molar-refractivity contribution in [2.75, 3.05) is 18.0 Å². The minimum atomic E-state index is -4.34. The second kappa shape index (κ2) is 7.65. The molecule has 1 atom stereocenters. The lowest BCUT2D eigenvalue weighted by molar-refractivity contribution is -0.137. The van der Waals surface area contributed by atoms with Crippen LogP contribution in [0.4, 0.5) is 19.0 Å². The van der Waals surface area contributed by atoms with Gasteiger partial charge in [-0.25, -0.2) is 4.98 Å². The lowest BCUT2D eigenvalue weighted by atomic mass is 10.0. The molecule has 1 saturated heterocycles. The van der Waals surface area contributed by atoms with Gasteiger partial charge in [-0.15, -0.1) is 0 Å². The quantitative estimate of drug-likeness (QED) is 0.878. The summed E-state index contributed by atoms with van der Waals surface area (Å²) >= 11 is 0. The number of halogens is 3. The molecule has 2 aromatic rings. The van der Waals surface area contributed by atoms with Crippen molar-refractivity contribution in [3.05, 3.63) is 41.9 Å². The first-order valence-electron chi connectivity index (χ1n) is 8.90. The Hall–Kier alpha value is -2.09. The fourth-order valence-electron chi connectivity index (χ4n) is 3.44. The molecule has 0 amide bonds. The predicted molar refractivity (Wildman–Crippen MR) is 93.8 cm³/mol. The van der Waals surface area contributed by atoms with Crippen molar-refractivity contribution >= 4 is 5.82 Å². The zero-order valence-electron chi connectivity index (χ0n) is 15.0. The van der Waals surface area contributed by atoms with Crippen LogP contribution in [-0.2, 0) is 13.2 Å². The summed E-state index contributed by atoms with van der Waals surface area (Å²) in [6.07, 6.45) is 1.20. The van der Waals surface area contributed by atoms with Crippen LogP contribution in [-0.4, -0.2) is 33.9 Å². The molecule has 2 aromatic heterocycles. The molecule has 1 unspecified atom stereocenters. The van der Waals surface area contributed by atoms with Crippen LogP contribution in [0.2, 0.25) is 0 Å². The van der Waals surface area contributed by atoms with Crippen molar-refractivity contribution in [3.63, 3.8) is 0 Å². The lowest BCUT2D eigenvalue weighted by Gasteiger charge is -2.35. The Labute approximate surface area is 151 Å². The van der Waals surface area contributed by atoms with E-state index < -0.39 is 11.7 Å². The molecule has 0 radical (unpaired) electrons. The molecule has 1 aliphatic heterocycles. The van der Waals surface area contributed by atoms with Crippen LogP contribution in [0.3, 0.4) is 0 Å². The molecule has 0 bridgehead atoms. The van der Waals surface area contributed by atoms with Crippen LogP contribution in [0, 0.1) is 0 Å². The molecular weight excluding hydrogens is 343 g/mol. The number of nitrogens with one attached hydrogen (secondary N) is 1. The van der Waals surface area contributed by atoms with Crippen LogP contribution in [0.5, 0.6) is 0 Å². The summed E-state index contributed by atoms with van der Waals surface area (Å²) in [4.78, 5) is 6.04. The monoisotopic (exact) mass is 367 g/mol. The highest BCUT2D eigenvalue weighted by molar-refractivity contribution is 5.40. The summed E-state index contributed by atoms with van der Waals surface area (Å²) in [6.45, 7) is 3.70. The van der Waals surface area contributed by atoms with Gasteiger partial charge in [-0.05, 0) is 37.5 Å². The third-order valence-corrected chi connectivity index (χ3v) is 4.96. The molecule has 26 heavy (non-hydrogen) atoms. The van der Waals surface area contributed by atoms with E-state index >= 15 is 0 Å². The largest absolute Gasteiger partial charge is 0.417 e. The Bertz CT molecular complexity index is 702. The minimum absolute atomic E-state index is 0.253. The Kier molecular flexibility index (Phi) is 5.50. The van der Waals surface area contributed by atoms with Gasteiger partial charge in [0, 0.05) is 44.6 Å².